The minimum absolute atomic E-state index is 0.00967. The summed E-state index contributed by atoms with van der Waals surface area (Å²) in [6.45, 7) is 4.47. The molecule has 1 heterocycles. The number of hydrogen-bond acceptors (Lipinski definition) is 4. The number of rotatable bonds is 8. The Labute approximate surface area is 152 Å². The third kappa shape index (κ3) is 4.41. The Bertz CT molecular complexity index is 869. The third-order valence-corrected chi connectivity index (χ3v) is 4.11. The van der Waals surface area contributed by atoms with Crippen LogP contribution in [0.5, 0.6) is 0 Å². The maximum Gasteiger partial charge on any atom is 0.332 e. The first-order valence-corrected chi connectivity index (χ1v) is 8.96. The lowest BCUT2D eigenvalue weighted by Gasteiger charge is -2.16. The van der Waals surface area contributed by atoms with E-state index in [1.807, 2.05) is 44.2 Å². The van der Waals surface area contributed by atoms with E-state index in [0.717, 1.165) is 10.1 Å². The highest BCUT2D eigenvalue weighted by atomic mass is 16.2. The minimum atomic E-state index is -0.547. The molecule has 1 aromatic heterocycles. The van der Waals surface area contributed by atoms with E-state index in [2.05, 4.69) is 5.32 Å². The van der Waals surface area contributed by atoms with Gasteiger partial charge < -0.3 is 11.1 Å². The average molecular weight is 358 g/mol. The molecule has 7 heteroatoms. The first kappa shape index (κ1) is 19.5. The average Bonchev–Trinajstić information content (AvgIpc) is 2.65. The van der Waals surface area contributed by atoms with Gasteiger partial charge in [0.05, 0.1) is 0 Å². The molecular weight excluding hydrogens is 332 g/mol. The maximum absolute atomic E-state index is 12.6. The van der Waals surface area contributed by atoms with Crippen LogP contribution in [0, 0.1) is 0 Å². The molecule has 0 aliphatic heterocycles. The van der Waals surface area contributed by atoms with Crippen LogP contribution in [0.2, 0.25) is 0 Å². The van der Waals surface area contributed by atoms with Gasteiger partial charge in [0, 0.05) is 19.5 Å². The van der Waals surface area contributed by atoms with Gasteiger partial charge in [-0.25, -0.2) is 4.79 Å². The maximum atomic E-state index is 12.6. The molecule has 1 amide bonds. The standard InChI is InChI=1S/C19H26N4O3/c1-3-12-22-17(20)16(18(25)23(13-4-2)19(22)26)21-15(24)11-10-14-8-6-5-7-9-14/h5-9H,3-4,10-13,20H2,1-2H3,(H,21,24). The van der Waals surface area contributed by atoms with Gasteiger partial charge in [0.25, 0.3) is 5.56 Å². The highest BCUT2D eigenvalue weighted by Gasteiger charge is 2.18. The summed E-state index contributed by atoms with van der Waals surface area (Å²) in [5.41, 5.74) is 6.08. The van der Waals surface area contributed by atoms with Crippen molar-refractivity contribution in [2.24, 2.45) is 0 Å². The summed E-state index contributed by atoms with van der Waals surface area (Å²) in [7, 11) is 0. The van der Waals surface area contributed by atoms with Crippen molar-refractivity contribution in [3.63, 3.8) is 0 Å². The van der Waals surface area contributed by atoms with Crippen LogP contribution in [-0.2, 0) is 24.3 Å². The van der Waals surface area contributed by atoms with E-state index in [1.165, 1.54) is 4.57 Å². The van der Waals surface area contributed by atoms with Crippen molar-refractivity contribution >= 4 is 17.4 Å². The Hall–Kier alpha value is -2.83. The molecule has 2 rings (SSSR count). The third-order valence-electron chi connectivity index (χ3n) is 4.11. The highest BCUT2D eigenvalue weighted by Crippen LogP contribution is 2.13. The summed E-state index contributed by atoms with van der Waals surface area (Å²) in [4.78, 5) is 37.4. The SMILES string of the molecule is CCCn1c(N)c(NC(=O)CCc2ccccc2)c(=O)n(CCC)c1=O. The number of nitrogen functional groups attached to an aromatic ring is 1. The molecule has 0 aliphatic rings. The Kier molecular flexibility index (Phi) is 6.77. The number of anilines is 2. The molecule has 26 heavy (non-hydrogen) atoms. The van der Waals surface area contributed by atoms with Crippen molar-refractivity contribution in [2.75, 3.05) is 11.1 Å². The second-order valence-corrected chi connectivity index (χ2v) is 6.19. The van der Waals surface area contributed by atoms with Gasteiger partial charge in [-0.2, -0.15) is 0 Å². The summed E-state index contributed by atoms with van der Waals surface area (Å²) >= 11 is 0. The van der Waals surface area contributed by atoms with Crippen LogP contribution in [0.1, 0.15) is 38.7 Å². The number of nitrogens with two attached hydrogens (primary N) is 1. The summed E-state index contributed by atoms with van der Waals surface area (Å²) in [6, 6.07) is 9.62. The number of amides is 1. The quantitative estimate of drug-likeness (QED) is 0.754. The monoisotopic (exact) mass is 358 g/mol. The van der Waals surface area contributed by atoms with Crippen molar-refractivity contribution < 1.29 is 4.79 Å². The van der Waals surface area contributed by atoms with Crippen LogP contribution >= 0.6 is 0 Å². The molecule has 140 valence electrons. The number of carbonyl (C=O) groups excluding carboxylic acids is 1. The van der Waals surface area contributed by atoms with Gasteiger partial charge in [-0.05, 0) is 24.8 Å². The molecule has 0 radical (unpaired) electrons. The summed E-state index contributed by atoms with van der Waals surface area (Å²) in [5, 5.41) is 2.62. The largest absolute Gasteiger partial charge is 0.383 e. The molecule has 0 saturated carbocycles. The van der Waals surface area contributed by atoms with E-state index in [0.29, 0.717) is 25.8 Å². The highest BCUT2D eigenvalue weighted by molar-refractivity contribution is 5.93. The fourth-order valence-electron chi connectivity index (χ4n) is 2.80. The van der Waals surface area contributed by atoms with Crippen LogP contribution in [0.25, 0.3) is 0 Å². The Balaban J connectivity index is 2.28. The first-order valence-electron chi connectivity index (χ1n) is 8.96. The van der Waals surface area contributed by atoms with Crippen molar-refractivity contribution in [1.29, 1.82) is 0 Å². The number of nitrogens with one attached hydrogen (secondary N) is 1. The molecule has 7 nitrogen and oxygen atoms in total. The summed E-state index contributed by atoms with van der Waals surface area (Å²) in [6.07, 6.45) is 2.11. The van der Waals surface area contributed by atoms with E-state index in [4.69, 9.17) is 5.73 Å². The molecule has 0 aliphatic carbocycles. The molecule has 1 aromatic carbocycles. The van der Waals surface area contributed by atoms with Gasteiger partial charge in [-0.1, -0.05) is 44.2 Å². The minimum Gasteiger partial charge on any atom is -0.383 e. The van der Waals surface area contributed by atoms with E-state index in [1.54, 1.807) is 0 Å². The van der Waals surface area contributed by atoms with E-state index < -0.39 is 11.2 Å². The molecule has 0 fully saturated rings. The lowest BCUT2D eigenvalue weighted by Crippen LogP contribution is -2.42. The molecule has 0 bridgehead atoms. The number of aryl methyl sites for hydroxylation is 1. The Morgan fingerprint density at radius 1 is 1.04 bits per heavy atom. The van der Waals surface area contributed by atoms with E-state index in [9.17, 15) is 14.4 Å². The zero-order valence-electron chi connectivity index (χ0n) is 15.3. The summed E-state index contributed by atoms with van der Waals surface area (Å²) < 4.78 is 2.49. The molecule has 0 saturated heterocycles. The van der Waals surface area contributed by atoms with Crippen LogP contribution in [0.3, 0.4) is 0 Å². The van der Waals surface area contributed by atoms with Crippen LogP contribution in [0.4, 0.5) is 11.5 Å². The fraction of sp³-hybridized carbons (Fsp3) is 0.421. The fourth-order valence-corrected chi connectivity index (χ4v) is 2.80. The van der Waals surface area contributed by atoms with Crippen LogP contribution in [-0.4, -0.2) is 15.0 Å². The van der Waals surface area contributed by atoms with Crippen LogP contribution in [0.15, 0.2) is 39.9 Å². The molecular formula is C19H26N4O3. The second kappa shape index (κ2) is 9.03. The van der Waals surface area contributed by atoms with Gasteiger partial charge >= 0.3 is 5.69 Å². The van der Waals surface area contributed by atoms with Gasteiger partial charge in [0.15, 0.2) is 0 Å². The number of benzene rings is 1. The molecule has 0 unspecified atom stereocenters. The van der Waals surface area contributed by atoms with E-state index in [-0.39, 0.29) is 30.4 Å². The number of nitrogens with zero attached hydrogens (tertiary/aromatic N) is 2. The van der Waals surface area contributed by atoms with Crippen molar-refractivity contribution in [3.05, 3.63) is 56.7 Å². The molecule has 0 spiro atoms. The van der Waals surface area contributed by atoms with Gasteiger partial charge in [0.1, 0.15) is 11.5 Å². The van der Waals surface area contributed by atoms with Gasteiger partial charge in [-0.3, -0.25) is 18.7 Å². The lowest BCUT2D eigenvalue weighted by atomic mass is 10.1. The second-order valence-electron chi connectivity index (χ2n) is 6.19. The smallest absolute Gasteiger partial charge is 0.332 e. The molecule has 0 atom stereocenters. The van der Waals surface area contributed by atoms with Crippen molar-refractivity contribution in [2.45, 2.75) is 52.6 Å². The normalized spacial score (nSPS) is 10.7. The summed E-state index contributed by atoms with van der Waals surface area (Å²) in [5.74, 6) is -0.287. The van der Waals surface area contributed by atoms with Crippen molar-refractivity contribution in [1.82, 2.24) is 9.13 Å². The molecule has 3 N–H and O–H groups in total. The lowest BCUT2D eigenvalue weighted by molar-refractivity contribution is -0.116. The zero-order chi connectivity index (χ0) is 19.1. The van der Waals surface area contributed by atoms with E-state index >= 15 is 0 Å². The Morgan fingerprint density at radius 2 is 1.65 bits per heavy atom. The van der Waals surface area contributed by atoms with Gasteiger partial charge in [0.2, 0.25) is 5.91 Å². The first-order chi connectivity index (χ1) is 12.5. The van der Waals surface area contributed by atoms with Gasteiger partial charge in [-0.15, -0.1) is 0 Å². The molecule has 2 aromatic rings. The number of hydrogen-bond donors (Lipinski definition) is 2. The Morgan fingerprint density at radius 3 is 2.27 bits per heavy atom. The predicted octanol–water partition coefficient (Wildman–Crippen LogP) is 1.98. The zero-order valence-corrected chi connectivity index (χ0v) is 15.3. The number of aromatic nitrogens is 2. The predicted molar refractivity (Wildman–Crippen MR) is 103 cm³/mol. The van der Waals surface area contributed by atoms with Crippen LogP contribution < -0.4 is 22.3 Å². The van der Waals surface area contributed by atoms with Crippen molar-refractivity contribution in [3.8, 4) is 0 Å². The number of carbonyl (C=O) groups is 1. The topological polar surface area (TPSA) is 99.1 Å².